The SMILES string of the molecule is Oc1ccc(/C=C(/c2cc(O)cc(O)c2)[C@@H](c2cc(O)cc(O)c2)[C@@H](O)c2ccc(O)cc2)cc1. The number of benzene rings is 4. The van der Waals surface area contributed by atoms with Crippen LogP contribution in [0.2, 0.25) is 0 Å². The Bertz CT molecular complexity index is 1320. The summed E-state index contributed by atoms with van der Waals surface area (Å²) in [6, 6.07) is 20.2. The van der Waals surface area contributed by atoms with E-state index in [1.54, 1.807) is 30.3 Å². The molecule has 4 rings (SSSR count). The number of phenols is 6. The molecular weight excluding hydrogens is 448 g/mol. The van der Waals surface area contributed by atoms with Crippen LogP contribution in [-0.2, 0) is 0 Å². The van der Waals surface area contributed by atoms with Gasteiger partial charge in [-0.05, 0) is 76.4 Å². The van der Waals surface area contributed by atoms with Crippen LogP contribution in [0.25, 0.3) is 11.6 Å². The highest BCUT2D eigenvalue weighted by molar-refractivity contribution is 5.87. The van der Waals surface area contributed by atoms with Crippen molar-refractivity contribution in [1.82, 2.24) is 0 Å². The van der Waals surface area contributed by atoms with Crippen molar-refractivity contribution >= 4 is 11.6 Å². The van der Waals surface area contributed by atoms with Crippen molar-refractivity contribution in [2.75, 3.05) is 0 Å². The highest BCUT2D eigenvalue weighted by Crippen LogP contribution is 2.45. The van der Waals surface area contributed by atoms with Crippen molar-refractivity contribution in [1.29, 1.82) is 0 Å². The Labute approximate surface area is 201 Å². The number of rotatable bonds is 6. The molecule has 4 aromatic rings. The second kappa shape index (κ2) is 9.70. The molecule has 2 atom stereocenters. The minimum Gasteiger partial charge on any atom is -0.508 e. The summed E-state index contributed by atoms with van der Waals surface area (Å²) in [5.41, 5.74) is 2.26. The van der Waals surface area contributed by atoms with E-state index in [-0.39, 0.29) is 34.5 Å². The Morgan fingerprint density at radius 2 is 0.971 bits per heavy atom. The van der Waals surface area contributed by atoms with E-state index in [4.69, 9.17) is 0 Å². The number of hydrogen-bond acceptors (Lipinski definition) is 7. The fourth-order valence-corrected chi connectivity index (χ4v) is 4.06. The Morgan fingerprint density at radius 1 is 0.514 bits per heavy atom. The van der Waals surface area contributed by atoms with E-state index in [0.29, 0.717) is 27.8 Å². The highest BCUT2D eigenvalue weighted by atomic mass is 16.3. The van der Waals surface area contributed by atoms with E-state index in [1.165, 1.54) is 54.6 Å². The van der Waals surface area contributed by atoms with Crippen LogP contribution >= 0.6 is 0 Å². The van der Waals surface area contributed by atoms with Gasteiger partial charge in [0.05, 0.1) is 6.10 Å². The summed E-state index contributed by atoms with van der Waals surface area (Å²) in [6.45, 7) is 0. The van der Waals surface area contributed by atoms with E-state index in [9.17, 15) is 35.7 Å². The van der Waals surface area contributed by atoms with E-state index in [0.717, 1.165) is 6.07 Å². The summed E-state index contributed by atoms with van der Waals surface area (Å²) in [5.74, 6) is -1.66. The topological polar surface area (TPSA) is 142 Å². The van der Waals surface area contributed by atoms with Crippen LogP contribution in [0.5, 0.6) is 34.5 Å². The second-order valence-corrected chi connectivity index (χ2v) is 8.23. The predicted octanol–water partition coefficient (Wildman–Crippen LogP) is 4.98. The number of phenolic OH excluding ortho intramolecular Hbond substituents is 6. The third-order valence-corrected chi connectivity index (χ3v) is 5.62. The Morgan fingerprint density at radius 3 is 1.49 bits per heavy atom. The molecule has 7 N–H and O–H groups in total. The quantitative estimate of drug-likeness (QED) is 0.196. The molecule has 0 aromatic heterocycles. The zero-order chi connectivity index (χ0) is 25.1. The molecule has 0 spiro atoms. The fourth-order valence-electron chi connectivity index (χ4n) is 4.06. The molecule has 0 aliphatic heterocycles. The van der Waals surface area contributed by atoms with Crippen LogP contribution in [0.1, 0.15) is 34.3 Å². The van der Waals surface area contributed by atoms with Crippen molar-refractivity contribution in [2.24, 2.45) is 0 Å². The predicted molar refractivity (Wildman–Crippen MR) is 131 cm³/mol. The molecule has 0 aliphatic carbocycles. The van der Waals surface area contributed by atoms with Gasteiger partial charge in [-0.15, -0.1) is 0 Å². The van der Waals surface area contributed by atoms with Crippen molar-refractivity contribution < 1.29 is 35.7 Å². The van der Waals surface area contributed by atoms with Gasteiger partial charge in [0, 0.05) is 18.1 Å². The van der Waals surface area contributed by atoms with Gasteiger partial charge in [0.1, 0.15) is 34.5 Å². The van der Waals surface area contributed by atoms with E-state index < -0.39 is 12.0 Å². The average molecular weight is 472 g/mol. The normalized spacial score (nSPS) is 13.3. The van der Waals surface area contributed by atoms with E-state index in [1.807, 2.05) is 0 Å². The summed E-state index contributed by atoms with van der Waals surface area (Å²) in [4.78, 5) is 0. The average Bonchev–Trinajstić information content (AvgIpc) is 2.79. The number of hydrogen-bond donors (Lipinski definition) is 7. The van der Waals surface area contributed by atoms with Gasteiger partial charge in [0.15, 0.2) is 0 Å². The van der Waals surface area contributed by atoms with Crippen molar-refractivity contribution in [3.05, 3.63) is 107 Å². The van der Waals surface area contributed by atoms with Crippen molar-refractivity contribution in [2.45, 2.75) is 12.0 Å². The molecule has 0 unspecified atom stereocenters. The second-order valence-electron chi connectivity index (χ2n) is 8.23. The first-order chi connectivity index (χ1) is 16.7. The molecule has 0 fully saturated rings. The maximum absolute atomic E-state index is 11.5. The van der Waals surface area contributed by atoms with Crippen LogP contribution in [0, 0.1) is 0 Å². The molecule has 0 heterocycles. The minimum atomic E-state index is -1.23. The van der Waals surface area contributed by atoms with Gasteiger partial charge in [-0.2, -0.15) is 0 Å². The maximum Gasteiger partial charge on any atom is 0.119 e. The van der Waals surface area contributed by atoms with Gasteiger partial charge in [-0.1, -0.05) is 30.3 Å². The molecule has 4 aromatic carbocycles. The number of aliphatic hydroxyl groups excluding tert-OH is 1. The molecule has 0 aliphatic rings. The van der Waals surface area contributed by atoms with Gasteiger partial charge in [0.25, 0.3) is 0 Å². The largest absolute Gasteiger partial charge is 0.508 e. The van der Waals surface area contributed by atoms with Crippen molar-refractivity contribution in [3.63, 3.8) is 0 Å². The smallest absolute Gasteiger partial charge is 0.119 e. The highest BCUT2D eigenvalue weighted by Gasteiger charge is 2.29. The van der Waals surface area contributed by atoms with E-state index in [2.05, 4.69) is 0 Å². The van der Waals surface area contributed by atoms with Gasteiger partial charge in [-0.3, -0.25) is 0 Å². The van der Waals surface area contributed by atoms with E-state index >= 15 is 0 Å². The first-order valence-electron chi connectivity index (χ1n) is 10.7. The molecule has 0 radical (unpaired) electrons. The summed E-state index contributed by atoms with van der Waals surface area (Å²) >= 11 is 0. The van der Waals surface area contributed by atoms with Gasteiger partial charge >= 0.3 is 0 Å². The monoisotopic (exact) mass is 472 g/mol. The first-order valence-corrected chi connectivity index (χ1v) is 10.7. The number of aliphatic hydroxyl groups is 1. The third kappa shape index (κ3) is 5.48. The molecule has 0 saturated heterocycles. The lowest BCUT2D eigenvalue weighted by Crippen LogP contribution is -2.13. The number of aromatic hydroxyl groups is 6. The Kier molecular flexibility index (Phi) is 6.53. The molecule has 0 bridgehead atoms. The molecule has 7 heteroatoms. The standard InChI is InChI=1S/C28H24O7/c29-20-5-1-16(2-6-20)9-26(18-10-22(31)14-23(32)11-18)27(19-12-24(33)15-25(34)13-19)28(35)17-3-7-21(30)8-4-17/h1-15,27-35H/b26-9-/t27-,28+/m1/s1. The molecular formula is C28H24O7. The summed E-state index contributed by atoms with van der Waals surface area (Å²) in [5, 5.41) is 71.7. The fraction of sp³-hybridized carbons (Fsp3) is 0.0714. The first kappa shape index (κ1) is 23.5. The summed E-state index contributed by atoms with van der Waals surface area (Å²) in [7, 11) is 0. The zero-order valence-corrected chi connectivity index (χ0v) is 18.4. The third-order valence-electron chi connectivity index (χ3n) is 5.62. The lowest BCUT2D eigenvalue weighted by atomic mass is 9.79. The Hall–Kier alpha value is -4.62. The van der Waals surface area contributed by atoms with Gasteiger partial charge in [-0.25, -0.2) is 0 Å². The van der Waals surface area contributed by atoms with Crippen molar-refractivity contribution in [3.8, 4) is 34.5 Å². The van der Waals surface area contributed by atoms with Crippen LogP contribution < -0.4 is 0 Å². The Balaban J connectivity index is 1.99. The molecule has 7 nitrogen and oxygen atoms in total. The summed E-state index contributed by atoms with van der Waals surface area (Å²) < 4.78 is 0. The summed E-state index contributed by atoms with van der Waals surface area (Å²) in [6.07, 6.45) is 0.480. The van der Waals surface area contributed by atoms with Crippen LogP contribution in [0.15, 0.2) is 84.9 Å². The maximum atomic E-state index is 11.5. The molecule has 178 valence electrons. The van der Waals surface area contributed by atoms with Crippen LogP contribution in [-0.4, -0.2) is 35.7 Å². The molecule has 0 saturated carbocycles. The molecule has 0 amide bonds. The van der Waals surface area contributed by atoms with Gasteiger partial charge < -0.3 is 35.7 Å². The van der Waals surface area contributed by atoms with Crippen LogP contribution in [0.3, 0.4) is 0 Å². The lowest BCUT2D eigenvalue weighted by Gasteiger charge is -2.28. The lowest BCUT2D eigenvalue weighted by molar-refractivity contribution is 0.165. The zero-order valence-electron chi connectivity index (χ0n) is 18.4. The molecule has 35 heavy (non-hydrogen) atoms. The van der Waals surface area contributed by atoms with Gasteiger partial charge in [0.2, 0.25) is 0 Å². The van der Waals surface area contributed by atoms with Crippen LogP contribution in [0.4, 0.5) is 0 Å². The minimum absolute atomic E-state index is 0.0188.